The molecule has 50 heavy (non-hydrogen) atoms. The number of halogens is 3. The van der Waals surface area contributed by atoms with E-state index < -0.39 is 71.1 Å². The molecule has 14 heteroatoms. The zero-order valence-electron chi connectivity index (χ0n) is 27.6. The molecule has 0 saturated carbocycles. The molecule has 0 radical (unpaired) electrons. The Morgan fingerprint density at radius 1 is 0.860 bits per heavy atom. The van der Waals surface area contributed by atoms with Gasteiger partial charge in [-0.2, -0.15) is 17.5 Å². The third-order valence-electron chi connectivity index (χ3n) is 8.25. The number of aliphatic hydroxyl groups excluding tert-OH is 2. The van der Waals surface area contributed by atoms with Gasteiger partial charge in [-0.15, -0.1) is 11.3 Å². The topological polar surface area (TPSA) is 133 Å². The van der Waals surface area contributed by atoms with Crippen molar-refractivity contribution in [3.05, 3.63) is 124 Å². The molecule has 0 aliphatic carbocycles. The van der Waals surface area contributed by atoms with Crippen LogP contribution in [0.3, 0.4) is 0 Å². The van der Waals surface area contributed by atoms with Crippen LogP contribution in [0.4, 0.5) is 18.0 Å². The van der Waals surface area contributed by atoms with Crippen LogP contribution in [0.2, 0.25) is 0 Å². The highest BCUT2D eigenvalue weighted by Gasteiger charge is 2.46. The number of alkyl carbamates (subject to hydrolysis) is 1. The van der Waals surface area contributed by atoms with E-state index in [0.717, 1.165) is 11.4 Å². The van der Waals surface area contributed by atoms with Crippen molar-refractivity contribution in [1.29, 1.82) is 0 Å². The Kier molecular flexibility index (Phi) is 13.0. The predicted molar refractivity (Wildman–Crippen MR) is 183 cm³/mol. The van der Waals surface area contributed by atoms with Crippen LogP contribution < -0.4 is 5.32 Å². The zero-order valence-corrected chi connectivity index (χ0v) is 29.2. The molecular formula is C36H39F3N2O7S2. The van der Waals surface area contributed by atoms with Crippen LogP contribution in [-0.2, 0) is 26.2 Å². The maximum atomic E-state index is 14.8. The second-order valence-corrected chi connectivity index (χ2v) is 14.8. The average molecular weight is 733 g/mol. The summed E-state index contributed by atoms with van der Waals surface area (Å²) in [5.74, 6) is -4.06. The number of Topliss-reactive ketones (excluding diaryl/α,β-unsaturated/α-hetero) is 1. The van der Waals surface area contributed by atoms with Crippen LogP contribution in [0, 0.1) is 0 Å². The van der Waals surface area contributed by atoms with Crippen LogP contribution in [0.5, 0.6) is 0 Å². The van der Waals surface area contributed by atoms with Gasteiger partial charge in [0.1, 0.15) is 6.04 Å². The molecule has 4 aromatic rings. The van der Waals surface area contributed by atoms with Crippen molar-refractivity contribution in [3.8, 4) is 0 Å². The number of hydrogen-bond donors (Lipinski definition) is 3. The third-order valence-corrected chi connectivity index (χ3v) is 11.6. The van der Waals surface area contributed by atoms with Gasteiger partial charge in [0.15, 0.2) is 5.78 Å². The summed E-state index contributed by atoms with van der Waals surface area (Å²) in [5, 5.41) is 22.3. The van der Waals surface area contributed by atoms with E-state index >= 15 is 0 Å². The van der Waals surface area contributed by atoms with Gasteiger partial charge in [-0.05, 0) is 54.8 Å². The number of nitrogens with zero attached hydrogens (tertiary/aromatic N) is 1. The van der Waals surface area contributed by atoms with Gasteiger partial charge in [-0.25, -0.2) is 13.2 Å². The molecule has 3 N–H and O–H groups in total. The first-order valence-corrected chi connectivity index (χ1v) is 18.0. The van der Waals surface area contributed by atoms with Crippen LogP contribution in [-0.4, -0.2) is 66.8 Å². The highest BCUT2D eigenvalue weighted by atomic mass is 32.2. The molecule has 1 amide bonds. The predicted octanol–water partition coefficient (Wildman–Crippen LogP) is 6.53. The number of rotatable bonds is 15. The van der Waals surface area contributed by atoms with Crippen LogP contribution >= 0.6 is 11.3 Å². The number of aliphatic hydroxyl groups is 2. The van der Waals surface area contributed by atoms with Gasteiger partial charge in [-0.3, -0.25) is 4.79 Å². The number of hydrogen-bond acceptors (Lipinski definition) is 8. The minimum Gasteiger partial charge on any atom is -0.453 e. The lowest BCUT2D eigenvalue weighted by atomic mass is 9.81. The fourth-order valence-electron chi connectivity index (χ4n) is 5.86. The second kappa shape index (κ2) is 16.8. The van der Waals surface area contributed by atoms with Crippen molar-refractivity contribution in [2.24, 2.45) is 0 Å². The van der Waals surface area contributed by atoms with Crippen molar-refractivity contribution in [2.45, 2.75) is 67.9 Å². The summed E-state index contributed by atoms with van der Waals surface area (Å²) < 4.78 is 77.8. The van der Waals surface area contributed by atoms with Gasteiger partial charge in [0, 0.05) is 28.1 Å². The molecule has 0 unspecified atom stereocenters. The van der Waals surface area contributed by atoms with Crippen molar-refractivity contribution in [3.63, 3.8) is 0 Å². The van der Waals surface area contributed by atoms with Crippen molar-refractivity contribution < 1.29 is 46.1 Å². The fourth-order valence-corrected chi connectivity index (χ4v) is 8.95. The number of nitrogens with one attached hydrogen (secondary N) is 1. The molecule has 0 saturated heterocycles. The summed E-state index contributed by atoms with van der Waals surface area (Å²) in [6.07, 6.45) is -6.94. The molecular weight excluding hydrogens is 694 g/mol. The lowest BCUT2D eigenvalue weighted by Gasteiger charge is -2.32. The Labute approximate surface area is 293 Å². The quantitative estimate of drug-likeness (QED) is 0.127. The molecule has 1 aromatic heterocycles. The number of carbonyl (C=O) groups excluding carboxylic acids is 2. The lowest BCUT2D eigenvalue weighted by Crippen LogP contribution is -2.46. The number of amides is 1. The summed E-state index contributed by atoms with van der Waals surface area (Å²) in [7, 11) is -3.17. The van der Waals surface area contributed by atoms with Gasteiger partial charge in [0.2, 0.25) is 10.0 Å². The molecule has 3 atom stereocenters. The summed E-state index contributed by atoms with van der Waals surface area (Å²) in [6, 6.07) is 21.9. The number of thiophene rings is 1. The van der Waals surface area contributed by atoms with Crippen molar-refractivity contribution in [2.75, 3.05) is 13.7 Å². The number of alkyl halides is 3. The largest absolute Gasteiger partial charge is 0.453 e. The number of carbonyl (C=O) groups is 2. The summed E-state index contributed by atoms with van der Waals surface area (Å²) >= 11 is 0.653. The Bertz CT molecular complexity index is 1780. The van der Waals surface area contributed by atoms with Crippen molar-refractivity contribution >= 4 is 33.2 Å². The zero-order chi connectivity index (χ0) is 36.6. The maximum absolute atomic E-state index is 14.8. The highest BCUT2D eigenvalue weighted by molar-refractivity contribution is 7.89. The van der Waals surface area contributed by atoms with Gasteiger partial charge < -0.3 is 20.3 Å². The van der Waals surface area contributed by atoms with E-state index in [1.54, 1.807) is 74.5 Å². The normalized spacial score (nSPS) is 14.1. The molecule has 0 aliphatic rings. The van der Waals surface area contributed by atoms with E-state index in [2.05, 4.69) is 5.32 Å². The molecule has 9 nitrogen and oxygen atoms in total. The van der Waals surface area contributed by atoms with E-state index in [9.17, 15) is 41.4 Å². The monoisotopic (exact) mass is 732 g/mol. The standard InChI is InChI=1S/C36H39F3N2O7S2/c1-23(2)41(50(46,47)27-16-14-24(21-42)15-17-27)29(22-43)32-19-18-31(49-32)28(36(37,38)39)20-30(44)34(40-35(45)48-3)33(25-10-6-4-7-11-25)26-12-8-5-9-13-26/h4-19,23,28-29,33-34,42-43H,20-22H2,1-3H3,(H,40,45)/t28-,29-,34-/m1/s1. The minimum atomic E-state index is -4.91. The molecule has 3 aromatic carbocycles. The fraction of sp³-hybridized carbons (Fsp3) is 0.333. The van der Waals surface area contributed by atoms with Gasteiger partial charge in [0.25, 0.3) is 0 Å². The SMILES string of the molecule is COC(=O)N[C@H](C(=O)C[C@H](c1ccc([C@@H](CO)N(C(C)C)S(=O)(=O)c2ccc(CO)cc2)s1)C(F)(F)F)C(c1ccccc1)c1ccccc1. The molecule has 4 rings (SSSR count). The van der Waals surface area contributed by atoms with Crippen LogP contribution in [0.25, 0.3) is 0 Å². The molecule has 0 spiro atoms. The molecule has 1 heterocycles. The Balaban J connectivity index is 1.72. The van der Waals surface area contributed by atoms with Gasteiger partial charge in [0.05, 0.1) is 37.2 Å². The summed E-state index contributed by atoms with van der Waals surface area (Å²) in [4.78, 5) is 26.3. The van der Waals surface area contributed by atoms with Crippen LogP contribution in [0.15, 0.2) is 102 Å². The first kappa shape index (κ1) is 38.7. The maximum Gasteiger partial charge on any atom is 0.407 e. The minimum absolute atomic E-state index is 0.118. The molecule has 0 fully saturated rings. The van der Waals surface area contributed by atoms with Gasteiger partial charge in [-0.1, -0.05) is 72.8 Å². The van der Waals surface area contributed by atoms with Crippen molar-refractivity contribution in [1.82, 2.24) is 9.62 Å². The Hall–Kier alpha value is -4.08. The number of sulfonamides is 1. The molecule has 0 aliphatic heterocycles. The lowest BCUT2D eigenvalue weighted by molar-refractivity contribution is -0.156. The van der Waals surface area contributed by atoms with E-state index in [4.69, 9.17) is 4.74 Å². The Morgan fingerprint density at radius 2 is 1.40 bits per heavy atom. The number of ether oxygens (including phenoxy) is 1. The van der Waals surface area contributed by atoms with E-state index in [0.29, 0.717) is 28.0 Å². The second-order valence-electron chi connectivity index (χ2n) is 11.8. The summed E-state index contributed by atoms with van der Waals surface area (Å²) in [5.41, 5.74) is 1.65. The van der Waals surface area contributed by atoms with E-state index in [1.165, 1.54) is 36.4 Å². The van der Waals surface area contributed by atoms with Gasteiger partial charge >= 0.3 is 12.3 Å². The Morgan fingerprint density at radius 3 is 1.86 bits per heavy atom. The molecule has 0 bridgehead atoms. The summed E-state index contributed by atoms with van der Waals surface area (Å²) in [6.45, 7) is 2.13. The first-order valence-electron chi connectivity index (χ1n) is 15.7. The number of ketones is 1. The number of methoxy groups -OCH3 is 1. The van der Waals surface area contributed by atoms with E-state index in [-0.39, 0.29) is 21.3 Å². The highest BCUT2D eigenvalue weighted by Crippen LogP contribution is 2.44. The van der Waals surface area contributed by atoms with Crippen LogP contribution in [0.1, 0.15) is 64.6 Å². The smallest absolute Gasteiger partial charge is 0.407 e. The first-order chi connectivity index (χ1) is 23.7. The number of benzene rings is 3. The average Bonchev–Trinajstić information content (AvgIpc) is 3.58. The third kappa shape index (κ3) is 8.98. The molecule has 268 valence electrons. The van der Waals surface area contributed by atoms with E-state index in [1.807, 2.05) is 0 Å².